The molecule has 0 spiro atoms. The van der Waals surface area contributed by atoms with E-state index in [4.69, 9.17) is 9.47 Å². The van der Waals surface area contributed by atoms with Crippen molar-refractivity contribution in [1.82, 2.24) is 0 Å². The highest BCUT2D eigenvalue weighted by molar-refractivity contribution is 9.10. The molecule has 1 heterocycles. The summed E-state index contributed by atoms with van der Waals surface area (Å²) in [5.74, 6) is -0.251. The first kappa shape index (κ1) is 9.45. The van der Waals surface area contributed by atoms with Crippen molar-refractivity contribution in [2.75, 3.05) is 6.79 Å². The number of carbonyl (C=O) groups excluding carboxylic acids is 1. The van der Waals surface area contributed by atoms with Crippen molar-refractivity contribution < 1.29 is 18.7 Å². The predicted molar refractivity (Wildman–Crippen MR) is 50.2 cm³/mol. The van der Waals surface area contributed by atoms with Gasteiger partial charge in [0.05, 0.1) is 5.56 Å². The lowest BCUT2D eigenvalue weighted by Gasteiger charge is -2.04. The zero-order valence-electron chi connectivity index (χ0n) is 7.27. The number of ether oxygens (including phenoxy) is 2. The summed E-state index contributed by atoms with van der Waals surface area (Å²) in [5.41, 5.74) is 0.00104. The van der Waals surface area contributed by atoms with Gasteiger partial charge < -0.3 is 9.47 Å². The Labute approximate surface area is 87.9 Å². The number of hydrogen-bond donors (Lipinski definition) is 0. The van der Waals surface area contributed by atoms with Crippen molar-refractivity contribution in [2.24, 2.45) is 0 Å². The van der Waals surface area contributed by atoms with Crippen molar-refractivity contribution in [3.8, 4) is 11.5 Å². The summed E-state index contributed by atoms with van der Waals surface area (Å²) >= 11 is 3.02. The summed E-state index contributed by atoms with van der Waals surface area (Å²) in [5, 5.41) is 0. The summed E-state index contributed by atoms with van der Waals surface area (Å²) in [7, 11) is 0. The predicted octanol–water partition coefficient (Wildman–Crippen LogP) is 2.52. The van der Waals surface area contributed by atoms with Crippen LogP contribution >= 0.6 is 15.9 Å². The lowest BCUT2D eigenvalue weighted by Crippen LogP contribution is -1.98. The molecule has 0 saturated heterocycles. The summed E-state index contributed by atoms with van der Waals surface area (Å²) in [6.45, 7) is 1.35. The van der Waals surface area contributed by atoms with Gasteiger partial charge in [-0.1, -0.05) is 0 Å². The van der Waals surface area contributed by atoms with E-state index in [1.165, 1.54) is 13.0 Å². The van der Waals surface area contributed by atoms with Crippen molar-refractivity contribution in [3.63, 3.8) is 0 Å². The largest absolute Gasteiger partial charge is 0.454 e. The highest BCUT2D eigenvalue weighted by Gasteiger charge is 2.24. The third-order valence-corrected chi connectivity index (χ3v) is 2.63. The Morgan fingerprint density at radius 2 is 2.29 bits per heavy atom. The second-order valence-corrected chi connectivity index (χ2v) is 3.64. The van der Waals surface area contributed by atoms with Crippen LogP contribution in [0.4, 0.5) is 4.39 Å². The molecule has 1 aromatic carbocycles. The van der Waals surface area contributed by atoms with Gasteiger partial charge in [0.25, 0.3) is 0 Å². The Morgan fingerprint density at radius 1 is 1.57 bits per heavy atom. The molecule has 5 heteroatoms. The molecule has 0 saturated carbocycles. The lowest BCUT2D eigenvalue weighted by atomic mass is 10.1. The number of halogens is 2. The highest BCUT2D eigenvalue weighted by Crippen LogP contribution is 2.42. The Hall–Kier alpha value is -1.10. The quantitative estimate of drug-likeness (QED) is 0.728. The van der Waals surface area contributed by atoms with Crippen molar-refractivity contribution >= 4 is 21.7 Å². The number of carbonyl (C=O) groups is 1. The lowest BCUT2D eigenvalue weighted by molar-refractivity contribution is 0.101. The fraction of sp³-hybridized carbons (Fsp3) is 0.222. The van der Waals surface area contributed by atoms with Crippen molar-refractivity contribution in [1.29, 1.82) is 0 Å². The summed E-state index contributed by atoms with van der Waals surface area (Å²) < 4.78 is 23.7. The smallest absolute Gasteiger partial charge is 0.231 e. The minimum atomic E-state index is -0.609. The molecule has 3 nitrogen and oxygen atoms in total. The second kappa shape index (κ2) is 3.24. The summed E-state index contributed by atoms with van der Waals surface area (Å²) in [6, 6.07) is 1.35. The minimum Gasteiger partial charge on any atom is -0.454 e. The van der Waals surface area contributed by atoms with E-state index in [9.17, 15) is 9.18 Å². The molecule has 2 rings (SSSR count). The molecule has 0 N–H and O–H groups in total. The van der Waals surface area contributed by atoms with E-state index in [0.29, 0.717) is 11.5 Å². The number of benzene rings is 1. The molecule has 1 aliphatic heterocycles. The first-order valence-electron chi connectivity index (χ1n) is 3.90. The van der Waals surface area contributed by atoms with Crippen molar-refractivity contribution in [3.05, 3.63) is 21.9 Å². The molecular weight excluding hydrogens is 255 g/mol. The third kappa shape index (κ3) is 1.28. The van der Waals surface area contributed by atoms with Gasteiger partial charge in [-0.05, 0) is 28.9 Å². The molecule has 0 bridgehead atoms. The average Bonchev–Trinajstić information content (AvgIpc) is 2.58. The molecule has 0 fully saturated rings. The van der Waals surface area contributed by atoms with Gasteiger partial charge in [-0.25, -0.2) is 4.39 Å². The van der Waals surface area contributed by atoms with E-state index >= 15 is 0 Å². The van der Waals surface area contributed by atoms with Crippen LogP contribution in [0.1, 0.15) is 17.3 Å². The molecular formula is C9H6BrFO3. The normalized spacial score (nSPS) is 13.1. The zero-order chi connectivity index (χ0) is 10.3. The molecule has 0 radical (unpaired) electrons. The maximum Gasteiger partial charge on any atom is 0.231 e. The fourth-order valence-electron chi connectivity index (χ4n) is 1.24. The van der Waals surface area contributed by atoms with Crippen LogP contribution in [-0.2, 0) is 0 Å². The molecule has 1 aliphatic rings. The van der Waals surface area contributed by atoms with Crippen LogP contribution in [0.2, 0.25) is 0 Å². The van der Waals surface area contributed by atoms with Crippen LogP contribution in [0.3, 0.4) is 0 Å². The van der Waals surface area contributed by atoms with Crippen LogP contribution in [0.15, 0.2) is 10.5 Å². The van der Waals surface area contributed by atoms with Crippen LogP contribution in [0.25, 0.3) is 0 Å². The SMILES string of the molecule is CC(=O)c1cc2c(c(Br)c1F)OCO2. The molecule has 74 valence electrons. The summed E-state index contributed by atoms with van der Waals surface area (Å²) in [6.07, 6.45) is 0. The monoisotopic (exact) mass is 260 g/mol. The Kier molecular flexibility index (Phi) is 2.19. The van der Waals surface area contributed by atoms with Crippen LogP contribution in [0.5, 0.6) is 11.5 Å². The van der Waals surface area contributed by atoms with Gasteiger partial charge in [-0.3, -0.25) is 4.79 Å². The topological polar surface area (TPSA) is 35.5 Å². The highest BCUT2D eigenvalue weighted by atomic mass is 79.9. The number of ketones is 1. The van der Waals surface area contributed by atoms with Gasteiger partial charge in [0.1, 0.15) is 4.47 Å². The maximum absolute atomic E-state index is 13.5. The van der Waals surface area contributed by atoms with E-state index in [0.717, 1.165) is 0 Å². The van der Waals surface area contributed by atoms with Gasteiger partial charge >= 0.3 is 0 Å². The third-order valence-electron chi connectivity index (χ3n) is 1.92. The molecule has 0 unspecified atom stereocenters. The van der Waals surface area contributed by atoms with E-state index < -0.39 is 5.82 Å². The van der Waals surface area contributed by atoms with E-state index in [2.05, 4.69) is 15.9 Å². The van der Waals surface area contributed by atoms with E-state index in [-0.39, 0.29) is 22.6 Å². The maximum atomic E-state index is 13.5. The standard InChI is InChI=1S/C9H6BrFO3/c1-4(12)5-2-6-9(14-3-13-6)7(10)8(5)11/h2H,3H2,1H3. The number of hydrogen-bond acceptors (Lipinski definition) is 3. The van der Waals surface area contributed by atoms with Crippen LogP contribution < -0.4 is 9.47 Å². The van der Waals surface area contributed by atoms with E-state index in [1.807, 2.05) is 0 Å². The van der Waals surface area contributed by atoms with E-state index in [1.54, 1.807) is 0 Å². The molecule has 0 atom stereocenters. The van der Waals surface area contributed by atoms with Gasteiger partial charge in [0.2, 0.25) is 6.79 Å². The Balaban J connectivity index is 2.67. The van der Waals surface area contributed by atoms with Gasteiger partial charge in [0, 0.05) is 0 Å². The second-order valence-electron chi connectivity index (χ2n) is 2.84. The number of Topliss-reactive ketones (excluding diaryl/α,β-unsaturated/α-hetero) is 1. The molecule has 0 amide bonds. The van der Waals surface area contributed by atoms with Gasteiger partial charge in [-0.2, -0.15) is 0 Å². The molecule has 0 aliphatic carbocycles. The van der Waals surface area contributed by atoms with Gasteiger partial charge in [0.15, 0.2) is 23.1 Å². The van der Waals surface area contributed by atoms with Gasteiger partial charge in [-0.15, -0.1) is 0 Å². The van der Waals surface area contributed by atoms with Crippen LogP contribution in [0, 0.1) is 5.82 Å². The average molecular weight is 261 g/mol. The Bertz CT molecular complexity index is 417. The number of rotatable bonds is 1. The Morgan fingerprint density at radius 3 is 2.93 bits per heavy atom. The first-order chi connectivity index (χ1) is 6.61. The zero-order valence-corrected chi connectivity index (χ0v) is 8.85. The minimum absolute atomic E-state index is 0.00104. The first-order valence-corrected chi connectivity index (χ1v) is 4.69. The number of fused-ring (bicyclic) bond motifs is 1. The molecule has 0 aromatic heterocycles. The van der Waals surface area contributed by atoms with Crippen LogP contribution in [-0.4, -0.2) is 12.6 Å². The summed E-state index contributed by atoms with van der Waals surface area (Å²) in [4.78, 5) is 11.1. The molecule has 14 heavy (non-hydrogen) atoms. The van der Waals surface area contributed by atoms with Crippen molar-refractivity contribution in [2.45, 2.75) is 6.92 Å². The molecule has 1 aromatic rings. The fourth-order valence-corrected chi connectivity index (χ4v) is 1.76.